The zero-order chi connectivity index (χ0) is 31.1. The standard InChI is InChI=1S/C33H38ClN6O3P/c1-38-22-25(34)31(40(23-10-6-5-7-11-23)27-12-8-9-13-29(27)44(3,4)42)36-32(38)35-26-15-14-24(20-28(26)43-2)39-18-16-33(17-19-39)21-30(41)37-33/h5-15,20,22,32,35H,16-19,21H2,1-4H3,(H,37,41). The molecule has 3 aromatic carbocycles. The number of nitrogens with one attached hydrogen (secondary N) is 2. The van der Waals surface area contributed by atoms with Crippen LogP contribution in [0.15, 0.2) is 89.0 Å². The molecule has 0 bridgehead atoms. The number of rotatable bonds is 7. The van der Waals surface area contributed by atoms with E-state index in [4.69, 9.17) is 21.3 Å². The first-order valence-corrected chi connectivity index (χ1v) is 17.7. The van der Waals surface area contributed by atoms with Gasteiger partial charge in [-0.3, -0.25) is 9.69 Å². The van der Waals surface area contributed by atoms with E-state index in [1.807, 2.05) is 89.8 Å². The van der Waals surface area contributed by atoms with Gasteiger partial charge in [-0.15, -0.1) is 0 Å². The summed E-state index contributed by atoms with van der Waals surface area (Å²) in [5.41, 5.74) is 3.48. The van der Waals surface area contributed by atoms with E-state index >= 15 is 0 Å². The van der Waals surface area contributed by atoms with Crippen molar-refractivity contribution in [3.05, 3.63) is 84.0 Å². The summed E-state index contributed by atoms with van der Waals surface area (Å²) in [6.07, 6.45) is 3.85. The molecule has 1 amide bonds. The normalized spacial score (nSPS) is 19.5. The van der Waals surface area contributed by atoms with Crippen LogP contribution in [0.5, 0.6) is 5.75 Å². The van der Waals surface area contributed by atoms with Crippen LogP contribution in [0.25, 0.3) is 0 Å². The number of amides is 1. The molecule has 0 aliphatic carbocycles. The second-order valence-electron chi connectivity index (χ2n) is 12.0. The molecule has 9 nitrogen and oxygen atoms in total. The number of amidine groups is 1. The van der Waals surface area contributed by atoms with E-state index in [9.17, 15) is 9.36 Å². The van der Waals surface area contributed by atoms with Crippen LogP contribution in [0.4, 0.5) is 22.7 Å². The molecule has 1 unspecified atom stereocenters. The Hall–Kier alpha value is -3.94. The van der Waals surface area contributed by atoms with Crippen molar-refractivity contribution < 1.29 is 14.1 Å². The SMILES string of the molecule is COc1cc(N2CCC3(CC2)CC(=O)N3)ccc1NC1N=C(N(c2ccccc2)c2ccccc2P(C)(C)=O)C(Cl)=CN1C. The summed E-state index contributed by atoms with van der Waals surface area (Å²) in [5.74, 6) is 1.39. The van der Waals surface area contributed by atoms with Crippen molar-refractivity contribution >= 4 is 58.5 Å². The van der Waals surface area contributed by atoms with Crippen LogP contribution in [0.2, 0.25) is 0 Å². The molecule has 2 saturated heterocycles. The lowest BCUT2D eigenvalue weighted by atomic mass is 9.78. The first kappa shape index (κ1) is 30.1. The maximum absolute atomic E-state index is 13.4. The average Bonchev–Trinajstić information content (AvgIpc) is 2.99. The van der Waals surface area contributed by atoms with E-state index in [2.05, 4.69) is 21.6 Å². The van der Waals surface area contributed by atoms with Gasteiger partial charge in [0.1, 0.15) is 12.9 Å². The Balaban J connectivity index is 1.30. The highest BCUT2D eigenvalue weighted by atomic mass is 35.5. The molecule has 2 N–H and O–H groups in total. The van der Waals surface area contributed by atoms with E-state index in [1.165, 1.54) is 0 Å². The van der Waals surface area contributed by atoms with Crippen LogP contribution in [-0.2, 0) is 9.36 Å². The quantitative estimate of drug-likeness (QED) is 0.253. The highest BCUT2D eigenvalue weighted by Gasteiger charge is 2.44. The number of carbonyl (C=O) groups excluding carboxylic acids is 1. The van der Waals surface area contributed by atoms with Gasteiger partial charge in [0, 0.05) is 55.5 Å². The summed E-state index contributed by atoms with van der Waals surface area (Å²) < 4.78 is 19.2. The van der Waals surface area contributed by atoms with Gasteiger partial charge < -0.3 is 29.7 Å². The first-order valence-electron chi connectivity index (χ1n) is 14.7. The molecule has 3 aromatic rings. The van der Waals surface area contributed by atoms with Gasteiger partial charge in [0.05, 0.1) is 29.1 Å². The molecular weight excluding hydrogens is 595 g/mol. The van der Waals surface area contributed by atoms with Crippen LogP contribution in [0, 0.1) is 0 Å². The minimum Gasteiger partial charge on any atom is -0.495 e. The number of ether oxygens (including phenoxy) is 1. The Bertz CT molecular complexity index is 1650. The Kier molecular flexibility index (Phi) is 8.12. The zero-order valence-corrected chi connectivity index (χ0v) is 27.1. The second kappa shape index (κ2) is 11.9. The summed E-state index contributed by atoms with van der Waals surface area (Å²) in [6.45, 7) is 5.29. The third kappa shape index (κ3) is 5.91. The van der Waals surface area contributed by atoms with Gasteiger partial charge in [-0.2, -0.15) is 0 Å². The van der Waals surface area contributed by atoms with Crippen molar-refractivity contribution in [2.45, 2.75) is 31.1 Å². The van der Waals surface area contributed by atoms with E-state index in [1.54, 1.807) is 20.4 Å². The predicted octanol–water partition coefficient (Wildman–Crippen LogP) is 5.76. The minimum atomic E-state index is -2.64. The fourth-order valence-corrected chi connectivity index (χ4v) is 7.61. The van der Waals surface area contributed by atoms with Gasteiger partial charge in [0.15, 0.2) is 12.1 Å². The summed E-state index contributed by atoms with van der Waals surface area (Å²) in [7, 11) is 0.934. The van der Waals surface area contributed by atoms with E-state index in [0.717, 1.165) is 54.0 Å². The fourth-order valence-electron chi connectivity index (χ4n) is 6.15. The molecule has 3 aliphatic rings. The van der Waals surface area contributed by atoms with Crippen LogP contribution >= 0.6 is 18.7 Å². The average molecular weight is 633 g/mol. The molecule has 6 rings (SSSR count). The number of anilines is 4. The Labute approximate surface area is 263 Å². The summed E-state index contributed by atoms with van der Waals surface area (Å²) in [4.78, 5) is 22.9. The highest BCUT2D eigenvalue weighted by molar-refractivity contribution is 7.70. The molecule has 0 aromatic heterocycles. The van der Waals surface area contributed by atoms with Gasteiger partial charge >= 0.3 is 0 Å². The van der Waals surface area contributed by atoms with Crippen molar-refractivity contribution in [1.29, 1.82) is 0 Å². The minimum absolute atomic E-state index is 0.0193. The predicted molar refractivity (Wildman–Crippen MR) is 181 cm³/mol. The molecule has 3 aliphatic heterocycles. The van der Waals surface area contributed by atoms with E-state index < -0.39 is 13.4 Å². The number of aliphatic imine (C=N–C) groups is 1. The fraction of sp³-hybridized carbons (Fsp3) is 0.333. The molecule has 44 heavy (non-hydrogen) atoms. The highest BCUT2D eigenvalue weighted by Crippen LogP contribution is 2.42. The molecule has 1 atom stereocenters. The van der Waals surface area contributed by atoms with Crippen molar-refractivity contribution in [3.8, 4) is 5.75 Å². The van der Waals surface area contributed by atoms with Gasteiger partial charge in [0.25, 0.3) is 0 Å². The van der Waals surface area contributed by atoms with Crippen LogP contribution in [0.3, 0.4) is 0 Å². The maximum Gasteiger partial charge on any atom is 0.222 e. The van der Waals surface area contributed by atoms with E-state index in [-0.39, 0.29) is 11.4 Å². The number of para-hydroxylation sites is 2. The number of β-lactam (4-membered cyclic amide) rings is 1. The summed E-state index contributed by atoms with van der Waals surface area (Å²) >= 11 is 6.91. The largest absolute Gasteiger partial charge is 0.495 e. The molecule has 0 radical (unpaired) electrons. The smallest absolute Gasteiger partial charge is 0.222 e. The molecule has 3 heterocycles. The summed E-state index contributed by atoms with van der Waals surface area (Å²) in [6, 6.07) is 23.7. The topological polar surface area (TPSA) is 89.5 Å². The van der Waals surface area contributed by atoms with Crippen LogP contribution in [0.1, 0.15) is 19.3 Å². The first-order chi connectivity index (χ1) is 21.1. The Morgan fingerprint density at radius 2 is 1.75 bits per heavy atom. The lowest BCUT2D eigenvalue weighted by Crippen LogP contribution is -2.65. The van der Waals surface area contributed by atoms with E-state index in [0.29, 0.717) is 23.0 Å². The van der Waals surface area contributed by atoms with Crippen LogP contribution in [-0.4, -0.2) is 69.0 Å². The summed E-state index contributed by atoms with van der Waals surface area (Å²) in [5, 5.41) is 7.85. The number of piperidine rings is 1. The lowest BCUT2D eigenvalue weighted by Gasteiger charge is -2.48. The van der Waals surface area contributed by atoms with Crippen molar-refractivity contribution in [2.75, 3.05) is 55.7 Å². The van der Waals surface area contributed by atoms with Gasteiger partial charge in [0.2, 0.25) is 5.91 Å². The lowest BCUT2D eigenvalue weighted by molar-refractivity contribution is -0.133. The molecule has 0 saturated carbocycles. The van der Waals surface area contributed by atoms with Gasteiger partial charge in [-0.25, -0.2) is 4.99 Å². The third-order valence-electron chi connectivity index (χ3n) is 8.55. The number of halogens is 1. The van der Waals surface area contributed by atoms with Crippen molar-refractivity contribution in [2.24, 2.45) is 4.99 Å². The third-order valence-corrected chi connectivity index (χ3v) is 10.4. The van der Waals surface area contributed by atoms with Crippen LogP contribution < -0.4 is 30.5 Å². The van der Waals surface area contributed by atoms with Crippen molar-refractivity contribution in [3.63, 3.8) is 0 Å². The number of benzene rings is 3. The number of hydrogen-bond donors (Lipinski definition) is 2. The van der Waals surface area contributed by atoms with Crippen molar-refractivity contribution in [1.82, 2.24) is 10.2 Å². The number of methoxy groups -OCH3 is 1. The number of nitrogens with zero attached hydrogens (tertiary/aromatic N) is 4. The molecule has 1 spiro atoms. The zero-order valence-electron chi connectivity index (χ0n) is 25.5. The Morgan fingerprint density at radius 1 is 1.07 bits per heavy atom. The molecular formula is C33H38ClN6O3P. The van der Waals surface area contributed by atoms with Gasteiger partial charge in [-0.05, 0) is 62.6 Å². The number of carbonyl (C=O) groups is 1. The molecule has 230 valence electrons. The molecule has 2 fully saturated rings. The van der Waals surface area contributed by atoms with Gasteiger partial charge in [-0.1, -0.05) is 41.9 Å². The second-order valence-corrected chi connectivity index (χ2v) is 15.6. The molecule has 11 heteroatoms. The maximum atomic E-state index is 13.4. The monoisotopic (exact) mass is 632 g/mol. The number of hydrogen-bond acceptors (Lipinski definition) is 8. The Morgan fingerprint density at radius 3 is 2.41 bits per heavy atom.